The highest BCUT2D eigenvalue weighted by Crippen LogP contribution is 2.20. The molecule has 1 aromatic heterocycles. The summed E-state index contributed by atoms with van der Waals surface area (Å²) in [5.74, 6) is 0.157. The third-order valence-corrected chi connectivity index (χ3v) is 4.44. The summed E-state index contributed by atoms with van der Waals surface area (Å²) in [6.07, 6.45) is 5.36. The van der Waals surface area contributed by atoms with Crippen molar-refractivity contribution in [3.05, 3.63) is 36.0 Å². The molecule has 1 aliphatic rings. The highest BCUT2D eigenvalue weighted by atomic mass is 16.1. The number of hydrogen-bond acceptors (Lipinski definition) is 2. The summed E-state index contributed by atoms with van der Waals surface area (Å²) in [6.45, 7) is 4.12. The van der Waals surface area contributed by atoms with Gasteiger partial charge in [-0.05, 0) is 50.9 Å². The number of para-hydroxylation sites is 1. The molecule has 0 unspecified atom stereocenters. The van der Waals surface area contributed by atoms with E-state index in [1.807, 2.05) is 18.3 Å². The van der Waals surface area contributed by atoms with Crippen molar-refractivity contribution in [1.29, 1.82) is 0 Å². The topological polar surface area (TPSA) is 56.9 Å². The molecule has 4 heteroatoms. The van der Waals surface area contributed by atoms with Gasteiger partial charge < -0.3 is 15.6 Å². The Morgan fingerprint density at radius 3 is 2.86 bits per heavy atom. The second-order valence-electron chi connectivity index (χ2n) is 6.22. The second kappa shape index (κ2) is 5.90. The van der Waals surface area contributed by atoms with E-state index in [1.54, 1.807) is 0 Å². The number of aryl methyl sites for hydroxylation is 1. The van der Waals surface area contributed by atoms with Crippen LogP contribution in [-0.2, 0) is 11.2 Å². The Morgan fingerprint density at radius 1 is 1.29 bits per heavy atom. The van der Waals surface area contributed by atoms with E-state index in [2.05, 4.69) is 34.7 Å². The van der Waals surface area contributed by atoms with Gasteiger partial charge in [-0.1, -0.05) is 18.2 Å². The maximum absolute atomic E-state index is 12.2. The zero-order valence-electron chi connectivity index (χ0n) is 12.5. The minimum Gasteiger partial charge on any atom is -0.361 e. The third-order valence-electron chi connectivity index (χ3n) is 4.44. The van der Waals surface area contributed by atoms with Crippen LogP contribution in [0.1, 0.15) is 31.7 Å². The number of H-pyrrole nitrogens is 1. The van der Waals surface area contributed by atoms with Crippen molar-refractivity contribution in [2.45, 2.75) is 38.1 Å². The third kappa shape index (κ3) is 3.27. The number of aromatic nitrogens is 1. The Bertz CT molecular complexity index is 626. The van der Waals surface area contributed by atoms with Crippen LogP contribution < -0.4 is 10.6 Å². The SMILES string of the molecule is CC1(NC(=O)CCc2c[nH]c3ccccc23)CCNCC1. The molecule has 2 aromatic rings. The number of carbonyl (C=O) groups excluding carboxylic acids is 1. The molecule has 0 atom stereocenters. The first-order valence-electron chi connectivity index (χ1n) is 7.73. The lowest BCUT2D eigenvalue weighted by atomic mass is 9.90. The molecule has 0 bridgehead atoms. The summed E-state index contributed by atoms with van der Waals surface area (Å²) < 4.78 is 0. The van der Waals surface area contributed by atoms with Crippen molar-refractivity contribution in [2.75, 3.05) is 13.1 Å². The highest BCUT2D eigenvalue weighted by molar-refractivity contribution is 5.84. The molecule has 1 aromatic carbocycles. The average molecular weight is 285 g/mol. The smallest absolute Gasteiger partial charge is 0.220 e. The Balaban J connectivity index is 1.58. The number of carbonyl (C=O) groups is 1. The van der Waals surface area contributed by atoms with Crippen molar-refractivity contribution in [3.8, 4) is 0 Å². The monoisotopic (exact) mass is 285 g/mol. The van der Waals surface area contributed by atoms with Crippen LogP contribution in [0.2, 0.25) is 0 Å². The number of amides is 1. The van der Waals surface area contributed by atoms with Crippen LogP contribution in [0.3, 0.4) is 0 Å². The normalized spacial score (nSPS) is 17.8. The van der Waals surface area contributed by atoms with Crippen molar-refractivity contribution in [2.24, 2.45) is 0 Å². The van der Waals surface area contributed by atoms with E-state index >= 15 is 0 Å². The molecule has 112 valence electrons. The van der Waals surface area contributed by atoms with E-state index in [-0.39, 0.29) is 11.4 Å². The first kappa shape index (κ1) is 14.1. The van der Waals surface area contributed by atoms with Gasteiger partial charge in [-0.25, -0.2) is 0 Å². The zero-order valence-corrected chi connectivity index (χ0v) is 12.5. The van der Waals surface area contributed by atoms with Crippen molar-refractivity contribution >= 4 is 16.8 Å². The van der Waals surface area contributed by atoms with E-state index in [0.717, 1.165) is 37.9 Å². The summed E-state index contributed by atoms with van der Waals surface area (Å²) in [6, 6.07) is 8.23. The lowest BCUT2D eigenvalue weighted by Gasteiger charge is -2.35. The lowest BCUT2D eigenvalue weighted by molar-refractivity contribution is -0.123. The number of fused-ring (bicyclic) bond motifs is 1. The van der Waals surface area contributed by atoms with Gasteiger partial charge in [-0.3, -0.25) is 4.79 Å². The van der Waals surface area contributed by atoms with Crippen LogP contribution in [-0.4, -0.2) is 29.5 Å². The van der Waals surface area contributed by atoms with E-state index in [1.165, 1.54) is 10.9 Å². The fourth-order valence-electron chi connectivity index (χ4n) is 3.09. The summed E-state index contributed by atoms with van der Waals surface area (Å²) in [7, 11) is 0. The summed E-state index contributed by atoms with van der Waals surface area (Å²) in [4.78, 5) is 15.5. The summed E-state index contributed by atoms with van der Waals surface area (Å²) in [5, 5.41) is 7.77. The van der Waals surface area contributed by atoms with E-state index in [0.29, 0.717) is 6.42 Å². The summed E-state index contributed by atoms with van der Waals surface area (Å²) in [5.41, 5.74) is 2.32. The Kier molecular flexibility index (Phi) is 3.97. The second-order valence-corrected chi connectivity index (χ2v) is 6.22. The summed E-state index contributed by atoms with van der Waals surface area (Å²) >= 11 is 0. The molecule has 3 rings (SSSR count). The molecule has 0 radical (unpaired) electrons. The molecular weight excluding hydrogens is 262 g/mol. The predicted octanol–water partition coefficient (Wildman–Crippen LogP) is 2.36. The standard InChI is InChI=1S/C17H23N3O/c1-17(8-10-18-11-9-17)20-16(21)7-6-13-12-19-15-5-3-2-4-14(13)15/h2-5,12,18-19H,6-11H2,1H3,(H,20,21). The number of benzene rings is 1. The lowest BCUT2D eigenvalue weighted by Crippen LogP contribution is -2.52. The van der Waals surface area contributed by atoms with E-state index in [9.17, 15) is 4.79 Å². The van der Waals surface area contributed by atoms with Gasteiger partial charge in [-0.15, -0.1) is 0 Å². The van der Waals surface area contributed by atoms with Gasteiger partial charge >= 0.3 is 0 Å². The Morgan fingerprint density at radius 2 is 2.05 bits per heavy atom. The first-order chi connectivity index (χ1) is 10.2. The fourth-order valence-corrected chi connectivity index (χ4v) is 3.09. The van der Waals surface area contributed by atoms with Crippen LogP contribution >= 0.6 is 0 Å². The molecule has 0 spiro atoms. The maximum Gasteiger partial charge on any atom is 0.220 e. The average Bonchev–Trinajstić information content (AvgIpc) is 2.89. The molecule has 1 amide bonds. The minimum absolute atomic E-state index is 0.0391. The molecule has 0 saturated carbocycles. The molecule has 21 heavy (non-hydrogen) atoms. The molecule has 3 N–H and O–H groups in total. The van der Waals surface area contributed by atoms with Crippen LogP contribution in [0.5, 0.6) is 0 Å². The number of aromatic amines is 1. The molecule has 0 aliphatic carbocycles. The van der Waals surface area contributed by atoms with Gasteiger partial charge in [0.15, 0.2) is 0 Å². The number of nitrogens with one attached hydrogen (secondary N) is 3. The molecule has 1 fully saturated rings. The largest absolute Gasteiger partial charge is 0.361 e. The number of piperidine rings is 1. The van der Waals surface area contributed by atoms with Crippen LogP contribution in [0, 0.1) is 0 Å². The maximum atomic E-state index is 12.2. The van der Waals surface area contributed by atoms with E-state index < -0.39 is 0 Å². The van der Waals surface area contributed by atoms with Crippen LogP contribution in [0.15, 0.2) is 30.5 Å². The van der Waals surface area contributed by atoms with Crippen molar-refractivity contribution < 1.29 is 4.79 Å². The molecular formula is C17H23N3O. The number of hydrogen-bond donors (Lipinski definition) is 3. The van der Waals surface area contributed by atoms with E-state index in [4.69, 9.17) is 0 Å². The van der Waals surface area contributed by atoms with Gasteiger partial charge in [0.2, 0.25) is 5.91 Å². The van der Waals surface area contributed by atoms with Gasteiger partial charge in [0, 0.05) is 29.1 Å². The fraction of sp³-hybridized carbons (Fsp3) is 0.471. The highest BCUT2D eigenvalue weighted by Gasteiger charge is 2.27. The first-order valence-corrected chi connectivity index (χ1v) is 7.73. The molecule has 1 aliphatic heterocycles. The van der Waals surface area contributed by atoms with Gasteiger partial charge in [0.05, 0.1) is 0 Å². The van der Waals surface area contributed by atoms with Gasteiger partial charge in [-0.2, -0.15) is 0 Å². The molecule has 4 nitrogen and oxygen atoms in total. The van der Waals surface area contributed by atoms with Crippen molar-refractivity contribution in [1.82, 2.24) is 15.6 Å². The Labute approximate surface area is 125 Å². The van der Waals surface area contributed by atoms with Crippen LogP contribution in [0.4, 0.5) is 0 Å². The van der Waals surface area contributed by atoms with Crippen molar-refractivity contribution in [3.63, 3.8) is 0 Å². The molecule has 2 heterocycles. The Hall–Kier alpha value is -1.81. The van der Waals surface area contributed by atoms with Gasteiger partial charge in [0.25, 0.3) is 0 Å². The minimum atomic E-state index is -0.0391. The van der Waals surface area contributed by atoms with Gasteiger partial charge in [0.1, 0.15) is 0 Å². The predicted molar refractivity (Wildman–Crippen MR) is 85.3 cm³/mol. The zero-order chi connectivity index (χ0) is 14.7. The number of rotatable bonds is 4. The van der Waals surface area contributed by atoms with Crippen LogP contribution in [0.25, 0.3) is 10.9 Å². The quantitative estimate of drug-likeness (QED) is 0.807. The molecule has 1 saturated heterocycles.